The summed E-state index contributed by atoms with van der Waals surface area (Å²) in [5, 5.41) is 0.563. The fraction of sp³-hybridized carbons (Fsp3) is 0.308. The smallest absolute Gasteiger partial charge is 0.0995 e. The third kappa shape index (κ3) is 2.44. The minimum absolute atomic E-state index is 0.0445. The standard InChI is InChI=1S/C13H16ClN3/c1-13(2,3)12-7-17(8-16-12)9-4-5-11(15)10(14)6-9/h4-8H,15H2,1-3H3. The Bertz CT molecular complexity index is 538. The minimum Gasteiger partial charge on any atom is -0.398 e. The van der Waals surface area contributed by atoms with Crippen molar-refractivity contribution in [3.8, 4) is 5.69 Å². The number of rotatable bonds is 1. The molecule has 1 aromatic heterocycles. The van der Waals surface area contributed by atoms with Gasteiger partial charge in [-0.15, -0.1) is 0 Å². The van der Waals surface area contributed by atoms with Gasteiger partial charge in [0.05, 0.1) is 22.7 Å². The molecule has 0 fully saturated rings. The molecule has 0 aliphatic rings. The largest absolute Gasteiger partial charge is 0.398 e. The molecule has 0 bridgehead atoms. The molecule has 4 heteroatoms. The summed E-state index contributed by atoms with van der Waals surface area (Å²) in [5.74, 6) is 0. The molecule has 17 heavy (non-hydrogen) atoms. The first-order valence-corrected chi connectivity index (χ1v) is 5.85. The highest BCUT2D eigenvalue weighted by Crippen LogP contribution is 2.24. The van der Waals surface area contributed by atoms with Gasteiger partial charge in [-0.25, -0.2) is 4.98 Å². The summed E-state index contributed by atoms with van der Waals surface area (Å²) in [6.07, 6.45) is 3.81. The lowest BCUT2D eigenvalue weighted by Crippen LogP contribution is -2.11. The normalized spacial score (nSPS) is 11.8. The van der Waals surface area contributed by atoms with E-state index in [4.69, 9.17) is 17.3 Å². The van der Waals surface area contributed by atoms with Crippen LogP contribution in [0.5, 0.6) is 0 Å². The SMILES string of the molecule is CC(C)(C)c1cn(-c2ccc(N)c(Cl)c2)cn1. The molecule has 0 aliphatic carbocycles. The molecule has 0 unspecified atom stereocenters. The maximum Gasteiger partial charge on any atom is 0.0995 e. The molecule has 0 atom stereocenters. The van der Waals surface area contributed by atoms with Crippen LogP contribution in [0.1, 0.15) is 26.5 Å². The Morgan fingerprint density at radius 3 is 2.53 bits per heavy atom. The van der Waals surface area contributed by atoms with Crippen molar-refractivity contribution in [1.29, 1.82) is 0 Å². The highest BCUT2D eigenvalue weighted by atomic mass is 35.5. The number of anilines is 1. The van der Waals surface area contributed by atoms with Gasteiger partial charge in [-0.2, -0.15) is 0 Å². The molecule has 3 nitrogen and oxygen atoms in total. The van der Waals surface area contributed by atoms with Crippen LogP contribution in [-0.2, 0) is 5.41 Å². The van der Waals surface area contributed by atoms with Gasteiger partial charge in [-0.1, -0.05) is 32.4 Å². The summed E-state index contributed by atoms with van der Waals surface area (Å²) >= 11 is 6.00. The molecular weight excluding hydrogens is 234 g/mol. The van der Waals surface area contributed by atoms with Crippen LogP contribution in [-0.4, -0.2) is 9.55 Å². The molecule has 0 saturated heterocycles. The lowest BCUT2D eigenvalue weighted by molar-refractivity contribution is 0.572. The fourth-order valence-corrected chi connectivity index (χ4v) is 1.70. The van der Waals surface area contributed by atoms with E-state index in [2.05, 4.69) is 25.8 Å². The monoisotopic (exact) mass is 249 g/mol. The summed E-state index contributed by atoms with van der Waals surface area (Å²) in [5.41, 5.74) is 8.33. The van der Waals surface area contributed by atoms with E-state index in [0.717, 1.165) is 11.4 Å². The Morgan fingerprint density at radius 2 is 2.00 bits per heavy atom. The van der Waals surface area contributed by atoms with E-state index in [1.165, 1.54) is 0 Å². The zero-order valence-electron chi connectivity index (χ0n) is 10.2. The Kier molecular flexibility index (Phi) is 2.87. The van der Waals surface area contributed by atoms with Crippen LogP contribution in [0.25, 0.3) is 5.69 Å². The van der Waals surface area contributed by atoms with Gasteiger partial charge < -0.3 is 10.3 Å². The van der Waals surface area contributed by atoms with Crippen LogP contribution < -0.4 is 5.73 Å². The summed E-state index contributed by atoms with van der Waals surface area (Å²) in [6, 6.07) is 5.56. The van der Waals surface area contributed by atoms with Crippen molar-refractivity contribution in [2.24, 2.45) is 0 Å². The molecule has 2 rings (SSSR count). The van der Waals surface area contributed by atoms with Crippen LogP contribution >= 0.6 is 11.6 Å². The maximum atomic E-state index is 6.00. The van der Waals surface area contributed by atoms with Gasteiger partial charge in [0, 0.05) is 17.3 Å². The molecule has 0 amide bonds. The average molecular weight is 250 g/mol. The number of nitrogen functional groups attached to an aromatic ring is 1. The van der Waals surface area contributed by atoms with Crippen molar-refractivity contribution in [3.05, 3.63) is 41.4 Å². The molecule has 1 aromatic carbocycles. The first kappa shape index (κ1) is 12.0. The molecule has 2 N–H and O–H groups in total. The minimum atomic E-state index is 0.0445. The summed E-state index contributed by atoms with van der Waals surface area (Å²) < 4.78 is 1.95. The molecule has 1 heterocycles. The van der Waals surface area contributed by atoms with Gasteiger partial charge in [-0.05, 0) is 18.2 Å². The Hall–Kier alpha value is -1.48. The second kappa shape index (κ2) is 4.08. The highest BCUT2D eigenvalue weighted by molar-refractivity contribution is 6.33. The number of hydrogen-bond acceptors (Lipinski definition) is 2. The average Bonchev–Trinajstić information content (AvgIpc) is 2.70. The van der Waals surface area contributed by atoms with Gasteiger partial charge in [0.25, 0.3) is 0 Å². The number of imidazole rings is 1. The highest BCUT2D eigenvalue weighted by Gasteiger charge is 2.16. The van der Waals surface area contributed by atoms with Crippen molar-refractivity contribution in [1.82, 2.24) is 9.55 Å². The van der Waals surface area contributed by atoms with E-state index in [1.54, 1.807) is 12.4 Å². The fourth-order valence-electron chi connectivity index (χ4n) is 1.53. The molecule has 90 valence electrons. The van der Waals surface area contributed by atoms with Gasteiger partial charge >= 0.3 is 0 Å². The Labute approximate surface area is 106 Å². The first-order chi connectivity index (χ1) is 7.88. The number of halogens is 1. The second-order valence-electron chi connectivity index (χ2n) is 5.12. The zero-order valence-corrected chi connectivity index (χ0v) is 11.0. The Balaban J connectivity index is 2.40. The predicted octanol–water partition coefficient (Wildman–Crippen LogP) is 3.41. The molecule has 0 spiro atoms. The van der Waals surface area contributed by atoms with E-state index in [0.29, 0.717) is 10.7 Å². The van der Waals surface area contributed by atoms with Crippen LogP contribution in [0, 0.1) is 0 Å². The van der Waals surface area contributed by atoms with Crippen LogP contribution in [0.15, 0.2) is 30.7 Å². The van der Waals surface area contributed by atoms with Crippen LogP contribution in [0.3, 0.4) is 0 Å². The second-order valence-corrected chi connectivity index (χ2v) is 5.53. The van der Waals surface area contributed by atoms with Crippen LogP contribution in [0.4, 0.5) is 5.69 Å². The van der Waals surface area contributed by atoms with E-state index < -0.39 is 0 Å². The Morgan fingerprint density at radius 1 is 1.29 bits per heavy atom. The predicted molar refractivity (Wildman–Crippen MR) is 71.7 cm³/mol. The lowest BCUT2D eigenvalue weighted by atomic mass is 9.93. The lowest BCUT2D eigenvalue weighted by Gasteiger charge is -2.14. The third-order valence-electron chi connectivity index (χ3n) is 2.63. The van der Waals surface area contributed by atoms with Crippen molar-refractivity contribution < 1.29 is 0 Å². The maximum absolute atomic E-state index is 6.00. The van der Waals surface area contributed by atoms with Crippen LogP contribution in [0.2, 0.25) is 5.02 Å². The number of nitrogens with two attached hydrogens (primary N) is 1. The number of aromatic nitrogens is 2. The zero-order chi connectivity index (χ0) is 12.6. The van der Waals surface area contributed by atoms with Gasteiger partial charge in [0.1, 0.15) is 0 Å². The van der Waals surface area contributed by atoms with Crippen molar-refractivity contribution >= 4 is 17.3 Å². The summed E-state index contributed by atoms with van der Waals surface area (Å²) in [4.78, 5) is 4.40. The van der Waals surface area contributed by atoms with E-state index >= 15 is 0 Å². The molecule has 0 saturated carbocycles. The molecular formula is C13H16ClN3. The van der Waals surface area contributed by atoms with Gasteiger partial charge in [0.15, 0.2) is 0 Å². The van der Waals surface area contributed by atoms with E-state index in [-0.39, 0.29) is 5.41 Å². The van der Waals surface area contributed by atoms with Gasteiger partial charge in [0.2, 0.25) is 0 Å². The summed E-state index contributed by atoms with van der Waals surface area (Å²) in [7, 11) is 0. The molecule has 0 radical (unpaired) electrons. The number of benzene rings is 1. The third-order valence-corrected chi connectivity index (χ3v) is 2.96. The van der Waals surface area contributed by atoms with E-state index in [9.17, 15) is 0 Å². The quantitative estimate of drug-likeness (QED) is 0.788. The van der Waals surface area contributed by atoms with Crippen molar-refractivity contribution in [3.63, 3.8) is 0 Å². The molecule has 0 aliphatic heterocycles. The topological polar surface area (TPSA) is 43.8 Å². The van der Waals surface area contributed by atoms with E-state index in [1.807, 2.05) is 22.9 Å². The van der Waals surface area contributed by atoms with Gasteiger partial charge in [-0.3, -0.25) is 0 Å². The van der Waals surface area contributed by atoms with Crippen molar-refractivity contribution in [2.45, 2.75) is 26.2 Å². The summed E-state index contributed by atoms with van der Waals surface area (Å²) in [6.45, 7) is 6.40. The molecule has 2 aromatic rings. The first-order valence-electron chi connectivity index (χ1n) is 5.48. The van der Waals surface area contributed by atoms with Crippen molar-refractivity contribution in [2.75, 3.05) is 5.73 Å². The number of nitrogens with zero attached hydrogens (tertiary/aromatic N) is 2. The number of hydrogen-bond donors (Lipinski definition) is 1.